The number of ether oxygens (including phenoxy) is 2. The highest BCUT2D eigenvalue weighted by molar-refractivity contribution is 5.96. The van der Waals surface area contributed by atoms with E-state index in [9.17, 15) is 14.7 Å². The lowest BCUT2D eigenvalue weighted by atomic mass is 9.81. The summed E-state index contributed by atoms with van der Waals surface area (Å²) >= 11 is 0. The predicted molar refractivity (Wildman–Crippen MR) is 90.2 cm³/mol. The topological polar surface area (TPSA) is 84.9 Å². The minimum absolute atomic E-state index is 0.419. The van der Waals surface area contributed by atoms with Crippen LogP contribution in [0.4, 0.5) is 0 Å². The van der Waals surface area contributed by atoms with Crippen molar-refractivity contribution in [2.24, 2.45) is 0 Å². The molecule has 130 valence electrons. The molecule has 1 saturated carbocycles. The second kappa shape index (κ2) is 7.86. The van der Waals surface area contributed by atoms with Crippen molar-refractivity contribution >= 4 is 18.0 Å². The molecular formula is C18H23NO5. The lowest BCUT2D eigenvalue weighted by Crippen LogP contribution is -2.55. The normalized spacial score (nSPS) is 16.6. The first-order chi connectivity index (χ1) is 11.5. The molecule has 1 amide bonds. The molecule has 0 aromatic heterocycles. The van der Waals surface area contributed by atoms with Gasteiger partial charge in [-0.2, -0.15) is 0 Å². The highest BCUT2D eigenvalue weighted by atomic mass is 16.5. The van der Waals surface area contributed by atoms with E-state index in [0.717, 1.165) is 19.3 Å². The van der Waals surface area contributed by atoms with Crippen molar-refractivity contribution in [1.82, 2.24) is 5.32 Å². The molecule has 6 heteroatoms. The van der Waals surface area contributed by atoms with Gasteiger partial charge < -0.3 is 19.9 Å². The average molecular weight is 333 g/mol. The molecule has 24 heavy (non-hydrogen) atoms. The van der Waals surface area contributed by atoms with E-state index in [1.807, 2.05) is 0 Å². The van der Waals surface area contributed by atoms with Crippen LogP contribution >= 0.6 is 0 Å². The van der Waals surface area contributed by atoms with Gasteiger partial charge in [-0.25, -0.2) is 4.79 Å². The molecule has 2 N–H and O–H groups in total. The summed E-state index contributed by atoms with van der Waals surface area (Å²) in [5.41, 5.74) is -0.439. The number of hydrogen-bond acceptors (Lipinski definition) is 4. The van der Waals surface area contributed by atoms with Crippen molar-refractivity contribution < 1.29 is 24.2 Å². The molecule has 6 nitrogen and oxygen atoms in total. The van der Waals surface area contributed by atoms with Crippen LogP contribution < -0.4 is 14.8 Å². The van der Waals surface area contributed by atoms with Crippen molar-refractivity contribution in [1.29, 1.82) is 0 Å². The first-order valence-electron chi connectivity index (χ1n) is 7.96. The van der Waals surface area contributed by atoms with Gasteiger partial charge in [0.2, 0.25) is 5.91 Å². The highest BCUT2D eigenvalue weighted by Gasteiger charge is 2.40. The zero-order chi connectivity index (χ0) is 17.6. The highest BCUT2D eigenvalue weighted by Crippen LogP contribution is 2.29. The van der Waals surface area contributed by atoms with Crippen LogP contribution in [0.15, 0.2) is 24.3 Å². The Morgan fingerprint density at radius 1 is 1.17 bits per heavy atom. The largest absolute Gasteiger partial charge is 0.497 e. The summed E-state index contributed by atoms with van der Waals surface area (Å²) < 4.78 is 10.4. The maximum Gasteiger partial charge on any atom is 0.329 e. The third-order valence-corrected chi connectivity index (χ3v) is 4.33. The standard InChI is InChI=1S/C18H23NO5/c1-23-14-8-6-13(15(12-14)24-2)7-9-16(20)19-18(17(21)22)10-4-3-5-11-18/h6-9,12H,3-5,10-11H2,1-2H3,(H,19,20)(H,21,22)/b9-7-. The summed E-state index contributed by atoms with van der Waals surface area (Å²) in [5, 5.41) is 12.2. The number of carboxylic acid groups (broad SMARTS) is 1. The van der Waals surface area contributed by atoms with Crippen molar-refractivity contribution in [3.05, 3.63) is 29.8 Å². The minimum atomic E-state index is -1.15. The van der Waals surface area contributed by atoms with Crippen LogP contribution in [0.3, 0.4) is 0 Å². The van der Waals surface area contributed by atoms with E-state index in [1.165, 1.54) is 13.2 Å². The second-order valence-corrected chi connectivity index (χ2v) is 5.88. The van der Waals surface area contributed by atoms with Gasteiger partial charge in [-0.1, -0.05) is 19.3 Å². The first kappa shape index (κ1) is 17.8. The zero-order valence-electron chi connectivity index (χ0n) is 14.0. The zero-order valence-corrected chi connectivity index (χ0v) is 14.0. The Morgan fingerprint density at radius 3 is 2.46 bits per heavy atom. The van der Waals surface area contributed by atoms with Gasteiger partial charge in [0.05, 0.1) is 14.2 Å². The number of carboxylic acids is 1. The number of amides is 1. The Labute approximate surface area is 141 Å². The molecule has 0 radical (unpaired) electrons. The lowest BCUT2D eigenvalue weighted by molar-refractivity contribution is -0.148. The number of aliphatic carboxylic acids is 1. The maximum atomic E-state index is 12.2. The fraction of sp³-hybridized carbons (Fsp3) is 0.444. The van der Waals surface area contributed by atoms with Gasteiger partial charge in [0, 0.05) is 17.7 Å². The molecule has 1 aromatic carbocycles. The Morgan fingerprint density at radius 2 is 1.88 bits per heavy atom. The Hall–Kier alpha value is -2.50. The summed E-state index contributed by atoms with van der Waals surface area (Å²) in [6, 6.07) is 5.26. The van der Waals surface area contributed by atoms with Crippen LogP contribution in [0.1, 0.15) is 37.7 Å². The summed E-state index contributed by atoms with van der Waals surface area (Å²) in [6.45, 7) is 0. The number of carbonyl (C=O) groups excluding carboxylic acids is 1. The predicted octanol–water partition coefficient (Wildman–Crippen LogP) is 2.62. The number of methoxy groups -OCH3 is 2. The SMILES string of the molecule is COc1ccc(/C=C\C(=O)NC2(C(=O)O)CCCCC2)c(OC)c1. The summed E-state index contributed by atoms with van der Waals surface area (Å²) in [7, 11) is 3.10. The van der Waals surface area contributed by atoms with Crippen molar-refractivity contribution in [3.63, 3.8) is 0 Å². The van der Waals surface area contributed by atoms with Crippen molar-refractivity contribution in [3.8, 4) is 11.5 Å². The van der Waals surface area contributed by atoms with Crippen molar-refractivity contribution in [2.45, 2.75) is 37.6 Å². The number of nitrogens with one attached hydrogen (secondary N) is 1. The Bertz CT molecular complexity index is 632. The van der Waals surface area contributed by atoms with Gasteiger partial charge in [-0.3, -0.25) is 4.79 Å². The number of hydrogen-bond donors (Lipinski definition) is 2. The molecule has 0 unspecified atom stereocenters. The summed E-state index contributed by atoms with van der Waals surface area (Å²) in [5.74, 6) is -0.160. The molecule has 0 spiro atoms. The maximum absolute atomic E-state index is 12.2. The van der Waals surface area contributed by atoms with Gasteiger partial charge in [-0.15, -0.1) is 0 Å². The molecule has 0 bridgehead atoms. The van der Waals surface area contributed by atoms with Crippen LogP contribution in [0.2, 0.25) is 0 Å². The third kappa shape index (κ3) is 4.07. The van der Waals surface area contributed by atoms with Gasteiger partial charge in [0.25, 0.3) is 0 Å². The third-order valence-electron chi connectivity index (χ3n) is 4.33. The van der Waals surface area contributed by atoms with Crippen molar-refractivity contribution in [2.75, 3.05) is 14.2 Å². The fourth-order valence-corrected chi connectivity index (χ4v) is 2.95. The van der Waals surface area contributed by atoms with E-state index >= 15 is 0 Å². The fourth-order valence-electron chi connectivity index (χ4n) is 2.95. The Balaban J connectivity index is 2.11. The van der Waals surface area contributed by atoms with Gasteiger partial charge in [0.15, 0.2) is 0 Å². The molecule has 2 rings (SSSR count). The van der Waals surface area contributed by atoms with E-state index in [2.05, 4.69) is 5.32 Å². The molecule has 1 aromatic rings. The molecule has 0 aliphatic heterocycles. The van der Waals surface area contributed by atoms with Crippen LogP contribution in [-0.4, -0.2) is 36.7 Å². The van der Waals surface area contributed by atoms with Crippen LogP contribution in [0.5, 0.6) is 11.5 Å². The number of benzene rings is 1. The van der Waals surface area contributed by atoms with E-state index in [4.69, 9.17) is 9.47 Å². The smallest absolute Gasteiger partial charge is 0.329 e. The molecular weight excluding hydrogens is 310 g/mol. The van der Waals surface area contributed by atoms with Crippen LogP contribution in [-0.2, 0) is 9.59 Å². The monoisotopic (exact) mass is 333 g/mol. The quantitative estimate of drug-likeness (QED) is 0.782. The molecule has 0 saturated heterocycles. The average Bonchev–Trinajstić information content (AvgIpc) is 2.60. The summed E-state index contributed by atoms with van der Waals surface area (Å²) in [6.07, 6.45) is 6.49. The van der Waals surface area contributed by atoms with Crippen LogP contribution in [0.25, 0.3) is 6.08 Å². The second-order valence-electron chi connectivity index (χ2n) is 5.88. The van der Waals surface area contributed by atoms with Gasteiger partial charge >= 0.3 is 5.97 Å². The minimum Gasteiger partial charge on any atom is -0.497 e. The van der Waals surface area contributed by atoms with Gasteiger partial charge in [-0.05, 0) is 31.1 Å². The van der Waals surface area contributed by atoms with Gasteiger partial charge in [0.1, 0.15) is 17.0 Å². The van der Waals surface area contributed by atoms with Crippen LogP contribution in [0, 0.1) is 0 Å². The molecule has 1 aliphatic rings. The molecule has 0 heterocycles. The van der Waals surface area contributed by atoms with E-state index in [-0.39, 0.29) is 0 Å². The Kier molecular flexibility index (Phi) is 5.84. The lowest BCUT2D eigenvalue weighted by Gasteiger charge is -2.33. The van der Waals surface area contributed by atoms with E-state index < -0.39 is 17.4 Å². The summed E-state index contributed by atoms with van der Waals surface area (Å²) in [4.78, 5) is 23.8. The van der Waals surface area contributed by atoms with E-state index in [1.54, 1.807) is 31.4 Å². The molecule has 1 fully saturated rings. The van der Waals surface area contributed by atoms with E-state index in [0.29, 0.717) is 29.9 Å². The molecule has 0 atom stereocenters. The first-order valence-corrected chi connectivity index (χ1v) is 7.96. The molecule has 1 aliphatic carbocycles. The number of rotatable bonds is 6. The number of carbonyl (C=O) groups is 2.